The Balaban J connectivity index is 2.39. The lowest BCUT2D eigenvalue weighted by molar-refractivity contribution is 0.264. The lowest BCUT2D eigenvalue weighted by atomic mass is 9.54. The number of hydrogen-bond donors (Lipinski definition) is 0. The monoisotopic (exact) mass is 302 g/mol. The normalized spacial score (nSPS) is 15.3. The number of benzene rings is 2. The standard InChI is InChI=1S/C23H26/c1-18-12-11-17-21(18)23(22(2,3)4,19-13-7-5-8-14-19)20-15-9-6-10-16-20/h5-16H,17H2,1-4H3. The minimum atomic E-state index is -0.108. The molecule has 118 valence electrons. The van der Waals surface area contributed by atoms with E-state index in [4.69, 9.17) is 0 Å². The van der Waals surface area contributed by atoms with Gasteiger partial charge in [0.05, 0.1) is 0 Å². The van der Waals surface area contributed by atoms with Crippen molar-refractivity contribution in [3.8, 4) is 0 Å². The van der Waals surface area contributed by atoms with E-state index >= 15 is 0 Å². The first-order valence-corrected chi connectivity index (χ1v) is 8.46. The van der Waals surface area contributed by atoms with E-state index in [-0.39, 0.29) is 10.8 Å². The molecule has 0 nitrogen and oxygen atoms in total. The van der Waals surface area contributed by atoms with Gasteiger partial charge in [0.15, 0.2) is 0 Å². The highest BCUT2D eigenvalue weighted by atomic mass is 14.5. The Bertz CT molecular complexity index is 685. The maximum Gasteiger partial charge on any atom is 0.0467 e. The molecule has 0 spiro atoms. The highest BCUT2D eigenvalue weighted by Crippen LogP contribution is 2.54. The lowest BCUT2D eigenvalue weighted by Gasteiger charge is -2.48. The van der Waals surface area contributed by atoms with E-state index in [0.29, 0.717) is 0 Å². The molecule has 0 N–H and O–H groups in total. The Hall–Kier alpha value is -2.08. The summed E-state index contributed by atoms with van der Waals surface area (Å²) in [7, 11) is 0. The second kappa shape index (κ2) is 5.85. The molecule has 3 rings (SSSR count). The number of rotatable bonds is 3. The van der Waals surface area contributed by atoms with Gasteiger partial charge in [-0.05, 0) is 35.5 Å². The molecule has 0 saturated heterocycles. The van der Waals surface area contributed by atoms with Crippen LogP contribution in [0.4, 0.5) is 0 Å². The summed E-state index contributed by atoms with van der Waals surface area (Å²) in [4.78, 5) is 0. The van der Waals surface area contributed by atoms with Crippen LogP contribution in [-0.4, -0.2) is 0 Å². The van der Waals surface area contributed by atoms with Crippen LogP contribution >= 0.6 is 0 Å². The molecule has 0 radical (unpaired) electrons. The van der Waals surface area contributed by atoms with Gasteiger partial charge < -0.3 is 0 Å². The average molecular weight is 302 g/mol. The third-order valence-electron chi connectivity index (χ3n) is 5.16. The Kier molecular flexibility index (Phi) is 4.02. The predicted molar refractivity (Wildman–Crippen MR) is 99.6 cm³/mol. The largest absolute Gasteiger partial charge is 0.0801 e. The van der Waals surface area contributed by atoms with E-state index < -0.39 is 0 Å². The van der Waals surface area contributed by atoms with E-state index in [1.807, 2.05) is 0 Å². The van der Waals surface area contributed by atoms with Crippen LogP contribution in [0.25, 0.3) is 0 Å². The van der Waals surface area contributed by atoms with Crippen LogP contribution < -0.4 is 0 Å². The molecule has 0 unspecified atom stereocenters. The van der Waals surface area contributed by atoms with Crippen LogP contribution in [0.1, 0.15) is 45.2 Å². The van der Waals surface area contributed by atoms with Crippen molar-refractivity contribution in [3.63, 3.8) is 0 Å². The van der Waals surface area contributed by atoms with Crippen molar-refractivity contribution in [2.75, 3.05) is 0 Å². The first-order chi connectivity index (χ1) is 11.0. The van der Waals surface area contributed by atoms with Crippen LogP contribution in [0.3, 0.4) is 0 Å². The topological polar surface area (TPSA) is 0 Å². The second-order valence-electron chi connectivity index (χ2n) is 7.50. The summed E-state index contributed by atoms with van der Waals surface area (Å²) >= 11 is 0. The quantitative estimate of drug-likeness (QED) is 0.624. The third-order valence-corrected chi connectivity index (χ3v) is 5.16. The zero-order valence-electron chi connectivity index (χ0n) is 14.6. The maximum atomic E-state index is 2.37. The summed E-state index contributed by atoms with van der Waals surface area (Å²) in [5, 5.41) is 0. The van der Waals surface area contributed by atoms with E-state index in [2.05, 4.69) is 101 Å². The second-order valence-corrected chi connectivity index (χ2v) is 7.50. The first-order valence-electron chi connectivity index (χ1n) is 8.46. The highest BCUT2D eigenvalue weighted by molar-refractivity contribution is 5.55. The summed E-state index contributed by atoms with van der Waals surface area (Å²) in [6, 6.07) is 22.0. The van der Waals surface area contributed by atoms with Crippen molar-refractivity contribution in [1.82, 2.24) is 0 Å². The van der Waals surface area contributed by atoms with Crippen molar-refractivity contribution in [1.29, 1.82) is 0 Å². The van der Waals surface area contributed by atoms with Gasteiger partial charge in [-0.2, -0.15) is 0 Å². The number of allylic oxidation sites excluding steroid dienone is 4. The molecule has 1 aliphatic rings. The fourth-order valence-electron chi connectivity index (χ4n) is 4.27. The SMILES string of the molecule is CC1=C(C(c2ccccc2)(c2ccccc2)C(C)(C)C)CC=C1. The van der Waals surface area contributed by atoms with Crippen LogP contribution in [0.15, 0.2) is 84.0 Å². The predicted octanol–water partition coefficient (Wildman–Crippen LogP) is 6.30. The van der Waals surface area contributed by atoms with Gasteiger partial charge in [-0.1, -0.05) is 99.2 Å². The maximum absolute atomic E-state index is 2.37. The Morgan fingerprint density at radius 2 is 1.22 bits per heavy atom. The summed E-state index contributed by atoms with van der Waals surface area (Å²) < 4.78 is 0. The summed E-state index contributed by atoms with van der Waals surface area (Å²) in [5.74, 6) is 0. The van der Waals surface area contributed by atoms with Gasteiger partial charge in [0.25, 0.3) is 0 Å². The van der Waals surface area contributed by atoms with E-state index in [1.54, 1.807) is 0 Å². The van der Waals surface area contributed by atoms with Gasteiger partial charge in [-0.3, -0.25) is 0 Å². The van der Waals surface area contributed by atoms with Gasteiger partial charge >= 0.3 is 0 Å². The molecule has 2 aromatic rings. The molecule has 0 aromatic heterocycles. The molecule has 0 heteroatoms. The Morgan fingerprint density at radius 3 is 1.57 bits per heavy atom. The van der Waals surface area contributed by atoms with Crippen LogP contribution in [0, 0.1) is 5.41 Å². The molecule has 2 aromatic carbocycles. The van der Waals surface area contributed by atoms with Crippen molar-refractivity contribution >= 4 is 0 Å². The molecule has 0 saturated carbocycles. The molecular weight excluding hydrogens is 276 g/mol. The van der Waals surface area contributed by atoms with E-state index in [9.17, 15) is 0 Å². The fraction of sp³-hybridized carbons (Fsp3) is 0.304. The molecule has 23 heavy (non-hydrogen) atoms. The summed E-state index contributed by atoms with van der Waals surface area (Å²) in [6.07, 6.45) is 5.62. The smallest absolute Gasteiger partial charge is 0.0467 e. The van der Waals surface area contributed by atoms with Crippen molar-refractivity contribution in [2.45, 2.75) is 39.5 Å². The van der Waals surface area contributed by atoms with Crippen molar-refractivity contribution in [3.05, 3.63) is 95.1 Å². The summed E-state index contributed by atoms with van der Waals surface area (Å²) in [6.45, 7) is 9.36. The van der Waals surface area contributed by atoms with Crippen LogP contribution in [0.2, 0.25) is 0 Å². The minimum Gasteiger partial charge on any atom is -0.0801 e. The van der Waals surface area contributed by atoms with E-state index in [1.165, 1.54) is 22.3 Å². The summed E-state index contributed by atoms with van der Waals surface area (Å²) in [5.41, 5.74) is 5.67. The van der Waals surface area contributed by atoms with Gasteiger partial charge in [-0.15, -0.1) is 0 Å². The highest BCUT2D eigenvalue weighted by Gasteiger charge is 2.48. The Morgan fingerprint density at radius 1 is 0.739 bits per heavy atom. The molecule has 0 amide bonds. The third kappa shape index (κ3) is 2.47. The zero-order chi connectivity index (χ0) is 16.5. The molecule has 0 bridgehead atoms. The van der Waals surface area contributed by atoms with Crippen molar-refractivity contribution in [2.24, 2.45) is 5.41 Å². The van der Waals surface area contributed by atoms with Crippen LogP contribution in [-0.2, 0) is 5.41 Å². The molecule has 0 atom stereocenters. The van der Waals surface area contributed by atoms with Gasteiger partial charge in [0.1, 0.15) is 0 Å². The van der Waals surface area contributed by atoms with Gasteiger partial charge in [-0.25, -0.2) is 0 Å². The van der Waals surface area contributed by atoms with Crippen LogP contribution in [0.5, 0.6) is 0 Å². The van der Waals surface area contributed by atoms with Gasteiger partial charge in [0, 0.05) is 5.41 Å². The Labute approximate surface area is 140 Å². The molecule has 0 heterocycles. The lowest BCUT2D eigenvalue weighted by Crippen LogP contribution is -2.43. The van der Waals surface area contributed by atoms with Gasteiger partial charge in [0.2, 0.25) is 0 Å². The minimum absolute atomic E-state index is 0.0678. The van der Waals surface area contributed by atoms with Crippen molar-refractivity contribution < 1.29 is 0 Å². The molecule has 0 aliphatic heterocycles. The fourth-order valence-corrected chi connectivity index (χ4v) is 4.27. The van der Waals surface area contributed by atoms with E-state index in [0.717, 1.165) is 6.42 Å². The molecule has 0 fully saturated rings. The molecular formula is C23H26. The average Bonchev–Trinajstić information content (AvgIpc) is 2.95. The molecule has 1 aliphatic carbocycles. The number of hydrogen-bond acceptors (Lipinski definition) is 0. The first kappa shape index (κ1) is 15.8. The zero-order valence-corrected chi connectivity index (χ0v) is 14.6.